The number of nitrogens with one attached hydrogen (secondary N) is 1. The fourth-order valence-corrected chi connectivity index (χ4v) is 3.77. The van der Waals surface area contributed by atoms with Crippen molar-refractivity contribution in [2.24, 2.45) is 0 Å². The van der Waals surface area contributed by atoms with E-state index in [4.69, 9.17) is 4.98 Å². The van der Waals surface area contributed by atoms with E-state index in [0.29, 0.717) is 16.5 Å². The highest BCUT2D eigenvalue weighted by Gasteiger charge is 2.17. The van der Waals surface area contributed by atoms with E-state index in [2.05, 4.69) is 5.32 Å². The Morgan fingerprint density at radius 2 is 1.96 bits per heavy atom. The van der Waals surface area contributed by atoms with Gasteiger partial charge in [0.25, 0.3) is 0 Å². The molecule has 0 radical (unpaired) electrons. The maximum atomic E-state index is 12.4. The summed E-state index contributed by atoms with van der Waals surface area (Å²) in [5.74, 6) is -0.175. The molecule has 0 saturated heterocycles. The maximum Gasteiger partial charge on any atom is 0.221 e. The number of aromatic nitrogens is 1. The molecule has 2 aliphatic rings. The SMILES string of the molecule is CC(=O)Nc1cccc2c(=O)cc3sc4ccccc4nc-3c12. The van der Waals surface area contributed by atoms with Crippen molar-refractivity contribution >= 4 is 43.9 Å². The quantitative estimate of drug-likeness (QED) is 0.428. The first-order valence-electron chi connectivity index (χ1n) is 7.16. The standard InChI is InChI=1S/C18H12N2O2S/c1-10(21)19-13-7-4-5-11-14(22)9-16-18(17(11)13)20-12-6-2-3-8-15(12)23-16/h2-9H,1H3,(H,19,21). The fourth-order valence-electron chi connectivity index (χ4n) is 2.76. The van der Waals surface area contributed by atoms with E-state index in [9.17, 15) is 9.59 Å². The fraction of sp³-hybridized carbons (Fsp3) is 0.0556. The molecular weight excluding hydrogens is 308 g/mol. The van der Waals surface area contributed by atoms with Crippen molar-refractivity contribution in [2.75, 3.05) is 5.32 Å². The molecule has 0 aromatic heterocycles. The largest absolute Gasteiger partial charge is 0.326 e. The molecule has 0 fully saturated rings. The molecule has 0 atom stereocenters. The lowest BCUT2D eigenvalue weighted by atomic mass is 10.0. The topological polar surface area (TPSA) is 59.1 Å². The summed E-state index contributed by atoms with van der Waals surface area (Å²) >= 11 is 1.53. The van der Waals surface area contributed by atoms with Gasteiger partial charge in [0.05, 0.1) is 26.5 Å². The minimum absolute atomic E-state index is 0.0620. The van der Waals surface area contributed by atoms with Crippen LogP contribution in [-0.4, -0.2) is 10.9 Å². The Balaban J connectivity index is 2.20. The van der Waals surface area contributed by atoms with Crippen LogP contribution in [0.5, 0.6) is 0 Å². The van der Waals surface area contributed by atoms with E-state index >= 15 is 0 Å². The highest BCUT2D eigenvalue weighted by atomic mass is 32.1. The zero-order chi connectivity index (χ0) is 16.0. The summed E-state index contributed by atoms with van der Waals surface area (Å²) < 4.78 is 1.02. The van der Waals surface area contributed by atoms with Crippen LogP contribution in [0.3, 0.4) is 0 Å². The van der Waals surface area contributed by atoms with Gasteiger partial charge in [0.1, 0.15) is 0 Å². The van der Waals surface area contributed by atoms with Crippen LogP contribution in [0.1, 0.15) is 6.92 Å². The van der Waals surface area contributed by atoms with Gasteiger partial charge in [-0.1, -0.05) is 24.3 Å². The number of nitrogens with zero attached hydrogens (tertiary/aromatic N) is 1. The van der Waals surface area contributed by atoms with Gasteiger partial charge in [0, 0.05) is 23.8 Å². The molecule has 1 heterocycles. The molecule has 5 heteroatoms. The lowest BCUT2D eigenvalue weighted by Gasteiger charge is -2.13. The lowest BCUT2D eigenvalue weighted by Crippen LogP contribution is -2.09. The second kappa shape index (κ2) is 5.14. The van der Waals surface area contributed by atoms with Crippen molar-refractivity contribution in [3.63, 3.8) is 0 Å². The highest BCUT2D eigenvalue weighted by Crippen LogP contribution is 2.37. The van der Waals surface area contributed by atoms with E-state index < -0.39 is 0 Å². The highest BCUT2D eigenvalue weighted by molar-refractivity contribution is 7.21. The minimum Gasteiger partial charge on any atom is -0.326 e. The number of fused-ring (bicyclic) bond motifs is 4. The molecule has 4 nitrogen and oxygen atoms in total. The molecule has 2 aromatic rings. The second-order valence-electron chi connectivity index (χ2n) is 5.31. The van der Waals surface area contributed by atoms with Gasteiger partial charge in [-0.2, -0.15) is 0 Å². The summed E-state index contributed by atoms with van der Waals surface area (Å²) in [7, 11) is 0. The monoisotopic (exact) mass is 320 g/mol. The predicted octanol–water partition coefficient (Wildman–Crippen LogP) is 3.87. The third-order valence-electron chi connectivity index (χ3n) is 3.69. The third-order valence-corrected chi connectivity index (χ3v) is 4.79. The Kier molecular flexibility index (Phi) is 3.09. The molecule has 0 saturated carbocycles. The van der Waals surface area contributed by atoms with E-state index in [-0.39, 0.29) is 11.3 Å². The molecule has 2 aromatic carbocycles. The first-order chi connectivity index (χ1) is 11.1. The maximum absolute atomic E-state index is 12.4. The summed E-state index contributed by atoms with van der Waals surface area (Å²) in [6.07, 6.45) is 0. The van der Waals surface area contributed by atoms with Crippen molar-refractivity contribution < 1.29 is 4.79 Å². The predicted molar refractivity (Wildman–Crippen MR) is 94.3 cm³/mol. The number of hydrogen-bond acceptors (Lipinski definition) is 4. The zero-order valence-corrected chi connectivity index (χ0v) is 13.1. The average molecular weight is 320 g/mol. The van der Waals surface area contributed by atoms with Gasteiger partial charge in [-0.05, 0) is 18.2 Å². The van der Waals surface area contributed by atoms with Crippen molar-refractivity contribution in [1.82, 2.24) is 4.98 Å². The molecular formula is C18H12N2O2S. The van der Waals surface area contributed by atoms with E-state index in [0.717, 1.165) is 20.8 Å². The van der Waals surface area contributed by atoms with Crippen molar-refractivity contribution in [3.8, 4) is 10.6 Å². The Morgan fingerprint density at radius 3 is 2.78 bits per heavy atom. The zero-order valence-electron chi connectivity index (χ0n) is 12.3. The lowest BCUT2D eigenvalue weighted by molar-refractivity contribution is -0.114. The molecule has 1 aliphatic heterocycles. The molecule has 4 rings (SSSR count). The van der Waals surface area contributed by atoms with Gasteiger partial charge < -0.3 is 5.32 Å². The Hall–Kier alpha value is -2.79. The summed E-state index contributed by atoms with van der Waals surface area (Å²) in [6, 6.07) is 14.8. The van der Waals surface area contributed by atoms with Gasteiger partial charge in [-0.15, -0.1) is 11.3 Å². The molecule has 0 spiro atoms. The van der Waals surface area contributed by atoms with Gasteiger partial charge in [0.2, 0.25) is 5.91 Å². The number of benzene rings is 3. The number of amides is 1. The van der Waals surface area contributed by atoms with Crippen LogP contribution in [0.2, 0.25) is 0 Å². The van der Waals surface area contributed by atoms with Crippen molar-refractivity contribution in [1.29, 1.82) is 0 Å². The smallest absolute Gasteiger partial charge is 0.221 e. The van der Waals surface area contributed by atoms with Crippen molar-refractivity contribution in [3.05, 3.63) is 58.8 Å². The van der Waals surface area contributed by atoms with Crippen LogP contribution >= 0.6 is 11.3 Å². The first kappa shape index (κ1) is 13.8. The van der Waals surface area contributed by atoms with Crippen molar-refractivity contribution in [2.45, 2.75) is 6.92 Å². The van der Waals surface area contributed by atoms with Crippen LogP contribution in [0.4, 0.5) is 5.69 Å². The van der Waals surface area contributed by atoms with Gasteiger partial charge in [-0.3, -0.25) is 9.59 Å². The second-order valence-corrected chi connectivity index (χ2v) is 6.40. The number of hydrogen-bond donors (Lipinski definition) is 1. The van der Waals surface area contributed by atoms with Crippen LogP contribution in [0.25, 0.3) is 31.6 Å². The van der Waals surface area contributed by atoms with E-state index in [1.165, 1.54) is 18.3 Å². The van der Waals surface area contributed by atoms with Crippen LogP contribution in [0.15, 0.2) is 53.3 Å². The molecule has 23 heavy (non-hydrogen) atoms. The normalized spacial score (nSPS) is 11.2. The Labute approximate surface area is 135 Å². The molecule has 1 N–H and O–H groups in total. The summed E-state index contributed by atoms with van der Waals surface area (Å²) in [5.41, 5.74) is 2.18. The number of carbonyl (C=O) groups is 1. The number of anilines is 1. The van der Waals surface area contributed by atoms with Crippen LogP contribution in [0, 0.1) is 0 Å². The van der Waals surface area contributed by atoms with E-state index in [1.54, 1.807) is 24.3 Å². The molecule has 112 valence electrons. The molecule has 1 aliphatic carbocycles. The molecule has 0 unspecified atom stereocenters. The summed E-state index contributed by atoms with van der Waals surface area (Å²) in [6.45, 7) is 1.45. The number of carbonyl (C=O) groups excluding carboxylic acids is 1. The number of para-hydroxylation sites is 1. The average Bonchev–Trinajstić information content (AvgIpc) is 2.53. The molecule has 1 amide bonds. The Morgan fingerprint density at radius 1 is 1.13 bits per heavy atom. The molecule has 0 bridgehead atoms. The summed E-state index contributed by atoms with van der Waals surface area (Å²) in [4.78, 5) is 29.5. The first-order valence-corrected chi connectivity index (χ1v) is 7.98. The minimum atomic E-state index is -0.175. The van der Waals surface area contributed by atoms with Gasteiger partial charge in [0.15, 0.2) is 5.43 Å². The number of rotatable bonds is 1. The van der Waals surface area contributed by atoms with Gasteiger partial charge in [-0.25, -0.2) is 4.98 Å². The van der Waals surface area contributed by atoms with Crippen LogP contribution < -0.4 is 10.7 Å². The summed E-state index contributed by atoms with van der Waals surface area (Å²) in [5, 5.41) is 4.07. The van der Waals surface area contributed by atoms with Gasteiger partial charge >= 0.3 is 0 Å². The van der Waals surface area contributed by atoms with E-state index in [1.807, 2.05) is 24.3 Å². The Bertz CT molecular complexity index is 1100. The third kappa shape index (κ3) is 2.26. The van der Waals surface area contributed by atoms with Crippen LogP contribution in [-0.2, 0) is 4.79 Å².